The van der Waals surface area contributed by atoms with Gasteiger partial charge >= 0.3 is 0 Å². The van der Waals surface area contributed by atoms with Crippen LogP contribution in [0.2, 0.25) is 0 Å². The molecule has 6 heteroatoms. The molecule has 1 aromatic heterocycles. The molecule has 2 N–H and O–H groups in total. The van der Waals surface area contributed by atoms with Crippen LogP contribution < -0.4 is 15.5 Å². The first-order valence-electron chi connectivity index (χ1n) is 9.23. The largest absolute Gasteiger partial charge is 0.354 e. The zero-order valence-corrected chi connectivity index (χ0v) is 15.7. The summed E-state index contributed by atoms with van der Waals surface area (Å²) in [6, 6.07) is 10.2. The summed E-state index contributed by atoms with van der Waals surface area (Å²) in [5.74, 6) is 1.54. The predicted molar refractivity (Wildman–Crippen MR) is 105 cm³/mol. The van der Waals surface area contributed by atoms with Crippen molar-refractivity contribution in [3.05, 3.63) is 42.1 Å². The summed E-state index contributed by atoms with van der Waals surface area (Å²) in [6.07, 6.45) is 3.64. The van der Waals surface area contributed by atoms with Crippen LogP contribution in [0.3, 0.4) is 0 Å². The Labute approximate surface area is 155 Å². The Morgan fingerprint density at radius 3 is 2.73 bits per heavy atom. The lowest BCUT2D eigenvalue weighted by Gasteiger charge is -2.32. The van der Waals surface area contributed by atoms with E-state index in [9.17, 15) is 4.79 Å². The van der Waals surface area contributed by atoms with Gasteiger partial charge in [0.05, 0.1) is 5.92 Å². The minimum atomic E-state index is -0.0107. The van der Waals surface area contributed by atoms with Crippen LogP contribution in [0, 0.1) is 12.8 Å². The summed E-state index contributed by atoms with van der Waals surface area (Å²) < 4.78 is 0. The van der Waals surface area contributed by atoms with E-state index in [0.29, 0.717) is 12.5 Å². The standard InChI is InChI=1S/C20H27N5O/c1-14(2)22-19(26)16-5-4-12-25(13-16)20-21-11-10-18(24-20)23-17-8-6-15(3)7-9-17/h6-11,14,16H,4-5,12-13H2,1-3H3,(H,22,26)(H,21,23,24). The Bertz CT molecular complexity index is 744. The number of aryl methyl sites for hydroxylation is 1. The maximum Gasteiger partial charge on any atom is 0.227 e. The molecule has 138 valence electrons. The van der Waals surface area contributed by atoms with Gasteiger partial charge in [-0.1, -0.05) is 17.7 Å². The first-order chi connectivity index (χ1) is 12.5. The Hall–Kier alpha value is -2.63. The molecule has 1 fully saturated rings. The van der Waals surface area contributed by atoms with Crippen molar-refractivity contribution in [3.8, 4) is 0 Å². The van der Waals surface area contributed by atoms with E-state index in [2.05, 4.69) is 44.6 Å². The quantitative estimate of drug-likeness (QED) is 0.863. The Morgan fingerprint density at radius 2 is 2.00 bits per heavy atom. The van der Waals surface area contributed by atoms with Crippen LogP contribution >= 0.6 is 0 Å². The molecule has 0 saturated carbocycles. The van der Waals surface area contributed by atoms with Gasteiger partial charge < -0.3 is 15.5 Å². The number of nitrogens with one attached hydrogen (secondary N) is 2. The molecule has 1 amide bonds. The summed E-state index contributed by atoms with van der Waals surface area (Å²) in [7, 11) is 0. The van der Waals surface area contributed by atoms with Crippen LogP contribution in [0.5, 0.6) is 0 Å². The van der Waals surface area contributed by atoms with Crippen LogP contribution in [0.15, 0.2) is 36.5 Å². The van der Waals surface area contributed by atoms with Gasteiger partial charge in [-0.25, -0.2) is 4.98 Å². The molecular weight excluding hydrogens is 326 g/mol. The number of hydrogen-bond acceptors (Lipinski definition) is 5. The van der Waals surface area contributed by atoms with E-state index in [4.69, 9.17) is 0 Å². The van der Waals surface area contributed by atoms with Crippen molar-refractivity contribution >= 4 is 23.4 Å². The molecule has 1 aliphatic heterocycles. The third kappa shape index (κ3) is 4.71. The van der Waals surface area contributed by atoms with Crippen molar-refractivity contribution in [2.75, 3.05) is 23.3 Å². The van der Waals surface area contributed by atoms with Gasteiger partial charge in [0.25, 0.3) is 0 Å². The average molecular weight is 353 g/mol. The molecule has 1 aliphatic rings. The molecule has 0 aliphatic carbocycles. The number of benzene rings is 1. The van der Waals surface area contributed by atoms with Crippen LogP contribution in [-0.2, 0) is 4.79 Å². The minimum absolute atomic E-state index is 0.0107. The Kier molecular flexibility index (Phi) is 5.71. The first-order valence-corrected chi connectivity index (χ1v) is 9.23. The van der Waals surface area contributed by atoms with Gasteiger partial charge in [-0.2, -0.15) is 4.98 Å². The number of aromatic nitrogens is 2. The molecule has 0 radical (unpaired) electrons. The molecule has 1 saturated heterocycles. The molecular formula is C20H27N5O. The highest BCUT2D eigenvalue weighted by molar-refractivity contribution is 5.79. The van der Waals surface area contributed by atoms with Gasteiger partial charge in [0, 0.05) is 31.0 Å². The van der Waals surface area contributed by atoms with E-state index in [1.54, 1.807) is 6.20 Å². The third-order valence-electron chi connectivity index (χ3n) is 4.47. The molecule has 2 heterocycles. The summed E-state index contributed by atoms with van der Waals surface area (Å²) in [5.41, 5.74) is 2.21. The summed E-state index contributed by atoms with van der Waals surface area (Å²) >= 11 is 0. The van der Waals surface area contributed by atoms with E-state index < -0.39 is 0 Å². The Balaban J connectivity index is 1.68. The van der Waals surface area contributed by atoms with Gasteiger partial charge in [-0.3, -0.25) is 4.79 Å². The van der Waals surface area contributed by atoms with Crippen LogP contribution in [0.4, 0.5) is 17.5 Å². The first kappa shape index (κ1) is 18.2. The summed E-state index contributed by atoms with van der Waals surface area (Å²) in [5, 5.41) is 6.33. The van der Waals surface area contributed by atoms with Gasteiger partial charge in [0.15, 0.2) is 0 Å². The normalized spacial score (nSPS) is 17.2. The molecule has 0 bridgehead atoms. The van der Waals surface area contributed by atoms with Gasteiger partial charge in [-0.15, -0.1) is 0 Å². The fourth-order valence-corrected chi connectivity index (χ4v) is 3.13. The SMILES string of the molecule is Cc1ccc(Nc2ccnc(N3CCCC(C(=O)NC(C)C)C3)n2)cc1. The number of carbonyl (C=O) groups is 1. The number of nitrogens with zero attached hydrogens (tertiary/aromatic N) is 3. The lowest BCUT2D eigenvalue weighted by molar-refractivity contribution is -0.125. The van der Waals surface area contributed by atoms with E-state index in [0.717, 1.165) is 30.9 Å². The van der Waals surface area contributed by atoms with Crippen LogP contribution in [-0.4, -0.2) is 35.0 Å². The molecule has 1 aromatic carbocycles. The van der Waals surface area contributed by atoms with Crippen LogP contribution in [0.1, 0.15) is 32.3 Å². The molecule has 2 aromatic rings. The van der Waals surface area contributed by atoms with Gasteiger partial charge in [0.2, 0.25) is 11.9 Å². The monoisotopic (exact) mass is 353 g/mol. The molecule has 1 atom stereocenters. The zero-order chi connectivity index (χ0) is 18.5. The smallest absolute Gasteiger partial charge is 0.227 e. The van der Waals surface area contributed by atoms with Gasteiger partial charge in [-0.05, 0) is 51.8 Å². The number of amides is 1. The maximum atomic E-state index is 12.3. The molecule has 6 nitrogen and oxygen atoms in total. The van der Waals surface area contributed by atoms with E-state index in [1.807, 2.05) is 32.0 Å². The fraction of sp³-hybridized carbons (Fsp3) is 0.450. The highest BCUT2D eigenvalue weighted by Crippen LogP contribution is 2.22. The second-order valence-corrected chi connectivity index (χ2v) is 7.18. The van der Waals surface area contributed by atoms with E-state index in [-0.39, 0.29) is 17.9 Å². The minimum Gasteiger partial charge on any atom is -0.354 e. The van der Waals surface area contributed by atoms with Crippen molar-refractivity contribution in [1.29, 1.82) is 0 Å². The molecule has 3 rings (SSSR count). The van der Waals surface area contributed by atoms with Crippen molar-refractivity contribution in [2.24, 2.45) is 5.92 Å². The zero-order valence-electron chi connectivity index (χ0n) is 15.7. The fourth-order valence-electron chi connectivity index (χ4n) is 3.13. The second-order valence-electron chi connectivity index (χ2n) is 7.18. The maximum absolute atomic E-state index is 12.3. The van der Waals surface area contributed by atoms with Crippen molar-refractivity contribution in [1.82, 2.24) is 15.3 Å². The summed E-state index contributed by atoms with van der Waals surface area (Å²) in [6.45, 7) is 7.57. The average Bonchev–Trinajstić information content (AvgIpc) is 2.63. The van der Waals surface area contributed by atoms with Crippen LogP contribution in [0.25, 0.3) is 0 Å². The third-order valence-corrected chi connectivity index (χ3v) is 4.47. The van der Waals surface area contributed by atoms with E-state index in [1.165, 1.54) is 5.56 Å². The number of rotatable bonds is 5. The second kappa shape index (κ2) is 8.17. The van der Waals surface area contributed by atoms with Crippen molar-refractivity contribution < 1.29 is 4.79 Å². The number of carbonyl (C=O) groups excluding carboxylic acids is 1. The van der Waals surface area contributed by atoms with E-state index >= 15 is 0 Å². The highest BCUT2D eigenvalue weighted by atomic mass is 16.2. The number of anilines is 3. The van der Waals surface area contributed by atoms with Gasteiger partial charge in [0.1, 0.15) is 5.82 Å². The molecule has 1 unspecified atom stereocenters. The Morgan fingerprint density at radius 1 is 1.23 bits per heavy atom. The topological polar surface area (TPSA) is 70.2 Å². The highest BCUT2D eigenvalue weighted by Gasteiger charge is 2.27. The van der Waals surface area contributed by atoms with Crippen molar-refractivity contribution in [2.45, 2.75) is 39.7 Å². The molecule has 26 heavy (non-hydrogen) atoms. The number of hydrogen-bond donors (Lipinski definition) is 2. The van der Waals surface area contributed by atoms with Crippen molar-refractivity contribution in [3.63, 3.8) is 0 Å². The summed E-state index contributed by atoms with van der Waals surface area (Å²) in [4.78, 5) is 23.5. The lowest BCUT2D eigenvalue weighted by Crippen LogP contribution is -2.45. The molecule has 0 spiro atoms. The lowest BCUT2D eigenvalue weighted by atomic mass is 9.97. The predicted octanol–water partition coefficient (Wildman–Crippen LogP) is 3.27. The number of piperidine rings is 1.